The van der Waals surface area contributed by atoms with Gasteiger partial charge in [-0.05, 0) is 24.5 Å². The van der Waals surface area contributed by atoms with Crippen LogP contribution in [0.25, 0.3) is 0 Å². The van der Waals surface area contributed by atoms with E-state index in [2.05, 4.69) is 10.5 Å². The number of carbonyl (C=O) groups is 3. The van der Waals surface area contributed by atoms with E-state index in [0.717, 1.165) is 16.0 Å². The van der Waals surface area contributed by atoms with Crippen LogP contribution >= 0.6 is 0 Å². The summed E-state index contributed by atoms with van der Waals surface area (Å²) in [5.74, 6) is -0.849. The first-order chi connectivity index (χ1) is 16.9. The number of ether oxygens (including phenoxy) is 2. The number of benzene rings is 2. The number of oxime groups is 1. The minimum Gasteiger partial charge on any atom is -0.482 e. The number of imide groups is 1. The van der Waals surface area contributed by atoms with Crippen molar-refractivity contribution in [3.8, 4) is 0 Å². The second-order valence-corrected chi connectivity index (χ2v) is 8.09. The van der Waals surface area contributed by atoms with E-state index in [0.29, 0.717) is 12.3 Å². The Labute approximate surface area is 204 Å². The van der Waals surface area contributed by atoms with E-state index in [-0.39, 0.29) is 19.6 Å². The molecule has 2 aromatic rings. The Balaban J connectivity index is 1.68. The molecule has 35 heavy (non-hydrogen) atoms. The third-order valence-electron chi connectivity index (χ3n) is 5.47. The monoisotopic (exact) mass is 482 g/mol. The largest absolute Gasteiger partial charge is 0.482 e. The van der Waals surface area contributed by atoms with Crippen molar-refractivity contribution >= 4 is 23.8 Å². The third-order valence-corrected chi connectivity index (χ3v) is 5.47. The van der Waals surface area contributed by atoms with Gasteiger partial charge in [-0.3, -0.25) is 9.59 Å². The molecule has 1 heterocycles. The van der Waals surface area contributed by atoms with Gasteiger partial charge >= 0.3 is 6.09 Å². The summed E-state index contributed by atoms with van der Waals surface area (Å²) in [7, 11) is 1.48. The lowest BCUT2D eigenvalue weighted by Crippen LogP contribution is -2.56. The molecule has 2 aromatic carbocycles. The zero-order valence-corrected chi connectivity index (χ0v) is 19.8. The van der Waals surface area contributed by atoms with Crippen molar-refractivity contribution in [1.82, 2.24) is 10.2 Å². The molecule has 0 radical (unpaired) electrons. The Morgan fingerprint density at radius 1 is 1.11 bits per heavy atom. The first kappa shape index (κ1) is 25.7. The van der Waals surface area contributed by atoms with Crippen LogP contribution in [-0.4, -0.2) is 60.5 Å². The lowest BCUT2D eigenvalue weighted by molar-refractivity contribution is -0.139. The second kappa shape index (κ2) is 12.5. The van der Waals surface area contributed by atoms with Crippen LogP contribution < -0.4 is 11.1 Å². The second-order valence-electron chi connectivity index (χ2n) is 8.09. The van der Waals surface area contributed by atoms with Gasteiger partial charge in [-0.15, -0.1) is 0 Å². The highest BCUT2D eigenvalue weighted by Crippen LogP contribution is 2.13. The average molecular weight is 483 g/mol. The summed E-state index contributed by atoms with van der Waals surface area (Å²) < 4.78 is 10.4. The maximum atomic E-state index is 13.2. The topological polar surface area (TPSA) is 133 Å². The van der Waals surface area contributed by atoms with Crippen molar-refractivity contribution in [3.63, 3.8) is 0 Å². The molecular formula is C25H30N4O6. The number of nitrogens with one attached hydrogen (secondary N) is 1. The molecule has 186 valence electrons. The van der Waals surface area contributed by atoms with Gasteiger partial charge in [0.2, 0.25) is 17.7 Å². The summed E-state index contributed by atoms with van der Waals surface area (Å²) in [6.45, 7) is 1.51. The number of nitrogens with two attached hydrogens (primary N) is 1. The van der Waals surface area contributed by atoms with Crippen LogP contribution in [0, 0.1) is 0 Å². The molecule has 0 saturated heterocycles. The fourth-order valence-corrected chi connectivity index (χ4v) is 3.47. The normalized spacial score (nSPS) is 16.3. The smallest absolute Gasteiger partial charge is 0.417 e. The quantitative estimate of drug-likeness (QED) is 0.558. The molecule has 1 aliphatic heterocycles. The van der Waals surface area contributed by atoms with Crippen molar-refractivity contribution in [1.29, 1.82) is 0 Å². The molecule has 3 rings (SSSR count). The van der Waals surface area contributed by atoms with Crippen molar-refractivity contribution in [2.45, 2.75) is 44.6 Å². The fraction of sp³-hybridized carbons (Fsp3) is 0.360. The molecule has 3 atom stereocenters. The predicted molar refractivity (Wildman–Crippen MR) is 128 cm³/mol. The van der Waals surface area contributed by atoms with E-state index in [1.54, 1.807) is 12.1 Å². The van der Waals surface area contributed by atoms with Gasteiger partial charge in [0.15, 0.2) is 6.10 Å². The molecule has 0 aromatic heterocycles. The lowest BCUT2D eigenvalue weighted by Gasteiger charge is -2.28. The highest BCUT2D eigenvalue weighted by atomic mass is 16.7. The Hall–Kier alpha value is -3.92. The van der Waals surface area contributed by atoms with E-state index < -0.39 is 36.1 Å². The van der Waals surface area contributed by atoms with Crippen LogP contribution in [0.1, 0.15) is 24.5 Å². The lowest BCUT2D eigenvalue weighted by atomic mass is 10.0. The standard InChI is InChI=1S/C25H30N4O6/c1-17(23(30)27-15-20-14-22(33-2)28-35-20)29(25(32)34-16-19-11-7-4-8-12-19)24(31)21(26)13-18-9-5-3-6-10-18/h3-12,17,20-21H,13-16,26H2,1-2H3,(H,27,30)/t17-,20?,21-/m0/s1. The van der Waals surface area contributed by atoms with Gasteiger partial charge in [0.05, 0.1) is 26.1 Å². The van der Waals surface area contributed by atoms with Crippen LogP contribution in [0.5, 0.6) is 0 Å². The molecule has 10 nitrogen and oxygen atoms in total. The van der Waals surface area contributed by atoms with Gasteiger partial charge in [0, 0.05) is 0 Å². The number of rotatable bonds is 9. The Bertz CT molecular complexity index is 1030. The summed E-state index contributed by atoms with van der Waals surface area (Å²) in [5, 5.41) is 6.44. The van der Waals surface area contributed by atoms with E-state index in [9.17, 15) is 14.4 Å². The van der Waals surface area contributed by atoms with Crippen LogP contribution in [0.4, 0.5) is 4.79 Å². The molecule has 10 heteroatoms. The van der Waals surface area contributed by atoms with Gasteiger partial charge in [-0.2, -0.15) is 0 Å². The maximum absolute atomic E-state index is 13.2. The maximum Gasteiger partial charge on any atom is 0.417 e. The van der Waals surface area contributed by atoms with Crippen LogP contribution in [0.2, 0.25) is 0 Å². The van der Waals surface area contributed by atoms with Gasteiger partial charge in [-0.25, -0.2) is 9.69 Å². The van der Waals surface area contributed by atoms with Crippen molar-refractivity contribution in [3.05, 3.63) is 71.8 Å². The number of methoxy groups -OCH3 is 1. The van der Waals surface area contributed by atoms with Crippen molar-refractivity contribution < 1.29 is 28.7 Å². The van der Waals surface area contributed by atoms with Crippen molar-refractivity contribution in [2.75, 3.05) is 13.7 Å². The Kier molecular flexibility index (Phi) is 9.19. The third kappa shape index (κ3) is 7.28. The first-order valence-corrected chi connectivity index (χ1v) is 11.3. The minimum absolute atomic E-state index is 0.0568. The molecule has 1 unspecified atom stereocenters. The first-order valence-electron chi connectivity index (χ1n) is 11.3. The number of amides is 3. The number of nitrogens with zero attached hydrogens (tertiary/aromatic N) is 2. The van der Waals surface area contributed by atoms with E-state index in [1.165, 1.54) is 14.0 Å². The van der Waals surface area contributed by atoms with E-state index in [1.807, 2.05) is 48.5 Å². The molecule has 0 fully saturated rings. The van der Waals surface area contributed by atoms with Gasteiger partial charge in [-0.1, -0.05) is 65.8 Å². The average Bonchev–Trinajstić information content (AvgIpc) is 3.35. The Morgan fingerprint density at radius 3 is 2.34 bits per heavy atom. The molecule has 3 amide bonds. The number of hydrogen-bond donors (Lipinski definition) is 2. The van der Waals surface area contributed by atoms with Gasteiger partial charge in [0.1, 0.15) is 12.6 Å². The minimum atomic E-state index is -1.17. The van der Waals surface area contributed by atoms with Crippen LogP contribution in [0.15, 0.2) is 65.8 Å². The highest BCUT2D eigenvalue weighted by molar-refractivity contribution is 6.00. The molecule has 0 spiro atoms. The zero-order chi connectivity index (χ0) is 25.2. The van der Waals surface area contributed by atoms with Crippen LogP contribution in [-0.2, 0) is 36.9 Å². The van der Waals surface area contributed by atoms with Gasteiger partial charge in [0.25, 0.3) is 0 Å². The number of carbonyl (C=O) groups excluding carboxylic acids is 3. The number of hydrogen-bond acceptors (Lipinski definition) is 8. The SMILES string of the molecule is COC1=NOC(CNC(=O)[C@H](C)N(C(=O)OCc2ccccc2)C(=O)[C@@H](N)Cc2ccccc2)C1. The Morgan fingerprint density at radius 2 is 1.74 bits per heavy atom. The molecule has 0 bridgehead atoms. The summed E-state index contributed by atoms with van der Waals surface area (Å²) in [6.07, 6.45) is -0.763. The van der Waals surface area contributed by atoms with Gasteiger partial charge < -0.3 is 25.4 Å². The van der Waals surface area contributed by atoms with Crippen LogP contribution in [0.3, 0.4) is 0 Å². The van der Waals surface area contributed by atoms with E-state index >= 15 is 0 Å². The zero-order valence-electron chi connectivity index (χ0n) is 19.8. The summed E-state index contributed by atoms with van der Waals surface area (Å²) in [5.41, 5.74) is 7.73. The molecule has 0 aliphatic carbocycles. The highest BCUT2D eigenvalue weighted by Gasteiger charge is 2.36. The predicted octanol–water partition coefficient (Wildman–Crippen LogP) is 1.98. The molecule has 1 aliphatic rings. The van der Waals surface area contributed by atoms with Crippen molar-refractivity contribution in [2.24, 2.45) is 10.9 Å². The molecule has 0 saturated carbocycles. The fourth-order valence-electron chi connectivity index (χ4n) is 3.47. The molecular weight excluding hydrogens is 452 g/mol. The summed E-state index contributed by atoms with van der Waals surface area (Å²) >= 11 is 0. The summed E-state index contributed by atoms with van der Waals surface area (Å²) in [4.78, 5) is 45.1. The summed E-state index contributed by atoms with van der Waals surface area (Å²) in [6, 6.07) is 16.0. The molecule has 3 N–H and O–H groups in total. The van der Waals surface area contributed by atoms with E-state index in [4.69, 9.17) is 20.0 Å².